The van der Waals surface area contributed by atoms with Crippen molar-refractivity contribution in [2.75, 3.05) is 30.4 Å². The van der Waals surface area contributed by atoms with E-state index in [1.54, 1.807) is 47.4 Å². The molecule has 2 N–H and O–H groups in total. The van der Waals surface area contributed by atoms with E-state index in [2.05, 4.69) is 10.6 Å². The Morgan fingerprint density at radius 3 is 2.59 bits per heavy atom. The zero-order valence-electron chi connectivity index (χ0n) is 15.0. The maximum Gasteiger partial charge on any atom is 0.262 e. The molecule has 0 atom stereocenters. The Morgan fingerprint density at radius 1 is 1.11 bits per heavy atom. The maximum atomic E-state index is 12.3. The number of nitrogens with zero attached hydrogens (tertiary/aromatic N) is 1. The summed E-state index contributed by atoms with van der Waals surface area (Å²) in [5.74, 6) is -0.285. The van der Waals surface area contributed by atoms with Crippen LogP contribution in [0.1, 0.15) is 23.2 Å². The second-order valence-corrected chi connectivity index (χ2v) is 6.08. The number of carbonyl (C=O) groups is 3. The van der Waals surface area contributed by atoms with Gasteiger partial charge < -0.3 is 20.3 Å². The first kappa shape index (κ1) is 18.4. The van der Waals surface area contributed by atoms with E-state index < -0.39 is 0 Å². The lowest BCUT2D eigenvalue weighted by Gasteiger charge is -2.20. The minimum absolute atomic E-state index is 0.0486. The molecule has 0 bridgehead atoms. The van der Waals surface area contributed by atoms with Crippen LogP contribution in [0.25, 0.3) is 0 Å². The van der Waals surface area contributed by atoms with Gasteiger partial charge in [0.1, 0.15) is 5.75 Å². The van der Waals surface area contributed by atoms with Crippen molar-refractivity contribution in [2.45, 2.75) is 12.8 Å². The summed E-state index contributed by atoms with van der Waals surface area (Å²) in [6, 6.07) is 13.9. The molecule has 7 nitrogen and oxygen atoms in total. The van der Waals surface area contributed by atoms with Crippen molar-refractivity contribution >= 4 is 29.1 Å². The fourth-order valence-electron chi connectivity index (χ4n) is 2.96. The van der Waals surface area contributed by atoms with Crippen LogP contribution in [0.5, 0.6) is 5.75 Å². The molecule has 1 aliphatic rings. The standard InChI is InChI=1S/C20H21N3O4/c1-21-20(26)14-7-2-5-10-17(14)27-13-18(24)22-15-8-3-4-9-16(15)23-12-6-11-19(23)25/h2-5,7-10H,6,11-13H2,1H3,(H,21,26)(H,22,24). The van der Waals surface area contributed by atoms with E-state index in [4.69, 9.17) is 4.74 Å². The average Bonchev–Trinajstić information content (AvgIpc) is 3.12. The molecular formula is C20H21N3O4. The lowest BCUT2D eigenvalue weighted by Crippen LogP contribution is -2.27. The third-order valence-corrected chi connectivity index (χ3v) is 4.26. The predicted octanol–water partition coefficient (Wildman–Crippen LogP) is 2.19. The Balaban J connectivity index is 1.68. The summed E-state index contributed by atoms with van der Waals surface area (Å²) in [7, 11) is 1.53. The Labute approximate surface area is 157 Å². The number of rotatable bonds is 6. The van der Waals surface area contributed by atoms with Crippen molar-refractivity contribution < 1.29 is 19.1 Å². The first-order valence-corrected chi connectivity index (χ1v) is 8.73. The first-order valence-electron chi connectivity index (χ1n) is 8.73. The average molecular weight is 367 g/mol. The molecule has 0 aromatic heterocycles. The number of nitrogens with one attached hydrogen (secondary N) is 2. The molecule has 0 unspecified atom stereocenters. The van der Waals surface area contributed by atoms with Gasteiger partial charge in [-0.2, -0.15) is 0 Å². The van der Waals surface area contributed by atoms with E-state index in [0.29, 0.717) is 35.7 Å². The van der Waals surface area contributed by atoms with Crippen molar-refractivity contribution in [1.82, 2.24) is 5.32 Å². The van der Waals surface area contributed by atoms with Gasteiger partial charge in [0, 0.05) is 20.0 Å². The summed E-state index contributed by atoms with van der Waals surface area (Å²) in [5, 5.41) is 5.32. The predicted molar refractivity (Wildman–Crippen MR) is 102 cm³/mol. The molecule has 7 heteroatoms. The summed E-state index contributed by atoms with van der Waals surface area (Å²) < 4.78 is 5.53. The van der Waals surface area contributed by atoms with Crippen molar-refractivity contribution in [2.24, 2.45) is 0 Å². The Hall–Kier alpha value is -3.35. The van der Waals surface area contributed by atoms with Crippen molar-refractivity contribution in [3.8, 4) is 5.75 Å². The molecule has 0 radical (unpaired) electrons. The van der Waals surface area contributed by atoms with Gasteiger partial charge in [0.25, 0.3) is 11.8 Å². The van der Waals surface area contributed by atoms with Crippen LogP contribution in [0.2, 0.25) is 0 Å². The number of anilines is 2. The van der Waals surface area contributed by atoms with Crippen molar-refractivity contribution in [3.63, 3.8) is 0 Å². The van der Waals surface area contributed by atoms with Gasteiger partial charge in [-0.05, 0) is 30.7 Å². The molecule has 0 spiro atoms. The van der Waals surface area contributed by atoms with Crippen LogP contribution in [0.15, 0.2) is 48.5 Å². The highest BCUT2D eigenvalue weighted by atomic mass is 16.5. The lowest BCUT2D eigenvalue weighted by molar-refractivity contribution is -0.118. The smallest absolute Gasteiger partial charge is 0.262 e. The second-order valence-electron chi connectivity index (χ2n) is 6.08. The second kappa shape index (κ2) is 8.35. The Bertz CT molecular complexity index is 866. The van der Waals surface area contributed by atoms with Gasteiger partial charge in [-0.1, -0.05) is 24.3 Å². The number of benzene rings is 2. The van der Waals surface area contributed by atoms with Crippen molar-refractivity contribution in [3.05, 3.63) is 54.1 Å². The monoisotopic (exact) mass is 367 g/mol. The van der Waals surface area contributed by atoms with Gasteiger partial charge in [0.05, 0.1) is 16.9 Å². The topological polar surface area (TPSA) is 87.7 Å². The summed E-state index contributed by atoms with van der Waals surface area (Å²) in [4.78, 5) is 37.9. The normalized spacial score (nSPS) is 13.4. The number of ether oxygens (including phenoxy) is 1. The van der Waals surface area contributed by atoms with Crippen LogP contribution < -0.4 is 20.3 Å². The molecule has 140 valence electrons. The van der Waals surface area contributed by atoms with Gasteiger partial charge in [-0.3, -0.25) is 14.4 Å². The summed E-state index contributed by atoms with van der Waals surface area (Å²) in [6.07, 6.45) is 1.32. The Morgan fingerprint density at radius 2 is 1.85 bits per heavy atom. The van der Waals surface area contributed by atoms with Gasteiger partial charge in [-0.15, -0.1) is 0 Å². The van der Waals surface area contributed by atoms with Gasteiger partial charge in [-0.25, -0.2) is 0 Å². The van der Waals surface area contributed by atoms with E-state index in [9.17, 15) is 14.4 Å². The van der Waals surface area contributed by atoms with E-state index in [1.807, 2.05) is 6.07 Å². The van der Waals surface area contributed by atoms with Gasteiger partial charge in [0.15, 0.2) is 6.61 Å². The number of hydrogen-bond donors (Lipinski definition) is 2. The SMILES string of the molecule is CNC(=O)c1ccccc1OCC(=O)Nc1ccccc1N1CCCC1=O. The van der Waals surface area contributed by atoms with Crippen LogP contribution in [0.4, 0.5) is 11.4 Å². The van der Waals surface area contributed by atoms with Crippen LogP contribution >= 0.6 is 0 Å². The summed E-state index contributed by atoms with van der Waals surface area (Å²) >= 11 is 0. The minimum Gasteiger partial charge on any atom is -0.483 e. The highest BCUT2D eigenvalue weighted by Gasteiger charge is 2.24. The molecule has 1 saturated heterocycles. The number of para-hydroxylation sites is 3. The molecule has 3 rings (SSSR count). The van der Waals surface area contributed by atoms with E-state index in [-0.39, 0.29) is 24.3 Å². The fraction of sp³-hybridized carbons (Fsp3) is 0.250. The molecule has 0 saturated carbocycles. The largest absolute Gasteiger partial charge is 0.483 e. The minimum atomic E-state index is -0.374. The molecule has 1 fully saturated rings. The lowest BCUT2D eigenvalue weighted by atomic mass is 10.2. The molecule has 2 aromatic rings. The van der Waals surface area contributed by atoms with E-state index in [0.717, 1.165) is 6.42 Å². The van der Waals surface area contributed by atoms with Gasteiger partial charge in [0.2, 0.25) is 5.91 Å². The van der Waals surface area contributed by atoms with Crippen LogP contribution in [0.3, 0.4) is 0 Å². The maximum absolute atomic E-state index is 12.3. The Kier molecular flexibility index (Phi) is 5.71. The van der Waals surface area contributed by atoms with Crippen molar-refractivity contribution in [1.29, 1.82) is 0 Å². The zero-order chi connectivity index (χ0) is 19.2. The molecule has 2 aromatic carbocycles. The van der Waals surface area contributed by atoms with Crippen LogP contribution in [-0.2, 0) is 9.59 Å². The molecular weight excluding hydrogens is 346 g/mol. The number of amides is 3. The van der Waals surface area contributed by atoms with E-state index in [1.165, 1.54) is 7.05 Å². The molecule has 1 aliphatic heterocycles. The van der Waals surface area contributed by atoms with Gasteiger partial charge >= 0.3 is 0 Å². The number of hydrogen-bond acceptors (Lipinski definition) is 4. The molecule has 1 heterocycles. The highest BCUT2D eigenvalue weighted by Crippen LogP contribution is 2.29. The third-order valence-electron chi connectivity index (χ3n) is 4.26. The van der Waals surface area contributed by atoms with E-state index >= 15 is 0 Å². The first-order chi connectivity index (χ1) is 13.1. The fourth-order valence-corrected chi connectivity index (χ4v) is 2.96. The molecule has 0 aliphatic carbocycles. The summed E-state index contributed by atoms with van der Waals surface area (Å²) in [6.45, 7) is 0.387. The zero-order valence-corrected chi connectivity index (χ0v) is 15.0. The number of carbonyl (C=O) groups excluding carboxylic acids is 3. The quantitative estimate of drug-likeness (QED) is 0.819. The van der Waals surface area contributed by atoms with Crippen LogP contribution in [-0.4, -0.2) is 37.9 Å². The van der Waals surface area contributed by atoms with Crippen LogP contribution in [0, 0.1) is 0 Å². The summed E-state index contributed by atoms with van der Waals surface area (Å²) in [5.41, 5.74) is 1.59. The highest BCUT2D eigenvalue weighted by molar-refractivity contribution is 6.02. The molecule has 3 amide bonds. The molecule has 27 heavy (non-hydrogen) atoms. The third kappa shape index (κ3) is 4.25.